The number of nitrogens with zero attached hydrogens (tertiary/aromatic N) is 1. The molecular weight excluding hydrogens is 318 g/mol. The van der Waals surface area contributed by atoms with E-state index in [1.54, 1.807) is 12.1 Å². The molecular formula is C11H16BrN3O2S. The van der Waals surface area contributed by atoms with Gasteiger partial charge in [-0.25, -0.2) is 13.4 Å². The lowest BCUT2D eigenvalue weighted by molar-refractivity contribution is 0.499. The Morgan fingerprint density at radius 2 is 2.06 bits per heavy atom. The monoisotopic (exact) mass is 333 g/mol. The van der Waals surface area contributed by atoms with Gasteiger partial charge >= 0.3 is 0 Å². The summed E-state index contributed by atoms with van der Waals surface area (Å²) in [5, 5.41) is 2.82. The van der Waals surface area contributed by atoms with Crippen LogP contribution in [0.15, 0.2) is 16.6 Å². The van der Waals surface area contributed by atoms with Gasteiger partial charge in [0, 0.05) is 4.47 Å². The summed E-state index contributed by atoms with van der Waals surface area (Å²) in [5.74, 6) is 0.384. The number of aryl methyl sites for hydroxylation is 1. The Kier molecular flexibility index (Phi) is 4.24. The largest absolute Gasteiger partial charge is 0.317 e. The summed E-state index contributed by atoms with van der Waals surface area (Å²) < 4.78 is 27.8. The topological polar surface area (TPSA) is 71.1 Å². The first kappa shape index (κ1) is 13.8. The zero-order valence-corrected chi connectivity index (χ0v) is 12.5. The average molecular weight is 334 g/mol. The van der Waals surface area contributed by atoms with Crippen LogP contribution in [0.5, 0.6) is 0 Å². The van der Waals surface area contributed by atoms with E-state index >= 15 is 0 Å². The zero-order valence-electron chi connectivity index (χ0n) is 10.1. The summed E-state index contributed by atoms with van der Waals surface area (Å²) >= 11 is 3.34. The molecule has 1 aromatic heterocycles. The van der Waals surface area contributed by atoms with Crippen LogP contribution in [0.3, 0.4) is 0 Å². The van der Waals surface area contributed by atoms with E-state index in [0.29, 0.717) is 18.7 Å². The van der Waals surface area contributed by atoms with Gasteiger partial charge in [0.05, 0.1) is 10.9 Å². The van der Waals surface area contributed by atoms with E-state index < -0.39 is 10.0 Å². The number of rotatable bonds is 3. The van der Waals surface area contributed by atoms with Crippen LogP contribution in [0.4, 0.5) is 5.82 Å². The van der Waals surface area contributed by atoms with Crippen molar-refractivity contribution in [3.63, 3.8) is 0 Å². The standard InChI is InChI=1S/C11H16BrN3O2S/c1-8-10(12)2-3-11(14-8)15-18(16,17)9-4-6-13-7-5-9/h2-3,9,13H,4-7H2,1H3,(H,14,15). The maximum atomic E-state index is 12.2. The van der Waals surface area contributed by atoms with E-state index in [0.717, 1.165) is 23.3 Å². The molecule has 0 aliphatic carbocycles. The van der Waals surface area contributed by atoms with Gasteiger partial charge in [-0.15, -0.1) is 0 Å². The Morgan fingerprint density at radius 1 is 1.39 bits per heavy atom. The van der Waals surface area contributed by atoms with Crippen LogP contribution >= 0.6 is 15.9 Å². The molecule has 7 heteroatoms. The van der Waals surface area contributed by atoms with Crippen molar-refractivity contribution < 1.29 is 8.42 Å². The molecule has 1 fully saturated rings. The lowest BCUT2D eigenvalue weighted by Gasteiger charge is -2.23. The second-order valence-corrected chi connectivity index (χ2v) is 7.18. The molecule has 18 heavy (non-hydrogen) atoms. The minimum absolute atomic E-state index is 0.329. The molecule has 0 unspecified atom stereocenters. The predicted octanol–water partition coefficient (Wildman–Crippen LogP) is 1.65. The van der Waals surface area contributed by atoms with Crippen LogP contribution in [0, 0.1) is 6.92 Å². The van der Waals surface area contributed by atoms with Crippen LogP contribution in [-0.2, 0) is 10.0 Å². The molecule has 1 saturated heterocycles. The van der Waals surface area contributed by atoms with E-state index in [1.807, 2.05) is 6.92 Å². The van der Waals surface area contributed by atoms with Crippen LogP contribution < -0.4 is 10.0 Å². The van der Waals surface area contributed by atoms with Crippen molar-refractivity contribution in [1.82, 2.24) is 10.3 Å². The van der Waals surface area contributed by atoms with Gasteiger partial charge in [0.25, 0.3) is 0 Å². The summed E-state index contributed by atoms with van der Waals surface area (Å²) in [4.78, 5) is 4.20. The van der Waals surface area contributed by atoms with E-state index in [9.17, 15) is 8.42 Å². The molecule has 1 aromatic rings. The number of piperidine rings is 1. The lowest BCUT2D eigenvalue weighted by Crippen LogP contribution is -2.38. The van der Waals surface area contributed by atoms with Gasteiger partial charge in [-0.2, -0.15) is 0 Å². The average Bonchev–Trinajstić information content (AvgIpc) is 2.35. The molecule has 100 valence electrons. The Hall–Kier alpha value is -0.660. The molecule has 5 nitrogen and oxygen atoms in total. The minimum atomic E-state index is -3.33. The number of hydrogen-bond acceptors (Lipinski definition) is 4. The van der Waals surface area contributed by atoms with Crippen LogP contribution in [-0.4, -0.2) is 31.7 Å². The van der Waals surface area contributed by atoms with Gasteiger partial charge in [-0.1, -0.05) is 0 Å². The molecule has 2 rings (SSSR count). The SMILES string of the molecule is Cc1nc(NS(=O)(=O)C2CCNCC2)ccc1Br. The van der Waals surface area contributed by atoms with Gasteiger partial charge in [0.15, 0.2) is 0 Å². The first-order chi connectivity index (χ1) is 8.49. The molecule has 1 aliphatic heterocycles. The van der Waals surface area contributed by atoms with Crippen molar-refractivity contribution >= 4 is 31.8 Å². The van der Waals surface area contributed by atoms with Crippen LogP contribution in [0.25, 0.3) is 0 Å². The normalized spacial score (nSPS) is 17.7. The highest BCUT2D eigenvalue weighted by Gasteiger charge is 2.27. The van der Waals surface area contributed by atoms with Gasteiger partial charge in [0.2, 0.25) is 10.0 Å². The first-order valence-electron chi connectivity index (χ1n) is 5.84. The summed E-state index contributed by atoms with van der Waals surface area (Å²) in [7, 11) is -3.33. The fourth-order valence-corrected chi connectivity index (χ4v) is 3.58. The molecule has 0 radical (unpaired) electrons. The number of aromatic nitrogens is 1. The van der Waals surface area contributed by atoms with Gasteiger partial charge in [-0.3, -0.25) is 4.72 Å². The molecule has 0 spiro atoms. The molecule has 0 amide bonds. The highest BCUT2D eigenvalue weighted by atomic mass is 79.9. The maximum Gasteiger partial charge on any atom is 0.236 e. The number of nitrogens with one attached hydrogen (secondary N) is 2. The van der Waals surface area contributed by atoms with Crippen molar-refractivity contribution in [1.29, 1.82) is 0 Å². The Morgan fingerprint density at radius 3 is 2.67 bits per heavy atom. The fourth-order valence-electron chi connectivity index (χ4n) is 1.94. The highest BCUT2D eigenvalue weighted by Crippen LogP contribution is 2.20. The lowest BCUT2D eigenvalue weighted by atomic mass is 10.2. The second kappa shape index (κ2) is 5.54. The van der Waals surface area contributed by atoms with Crippen LogP contribution in [0.1, 0.15) is 18.5 Å². The Bertz CT molecular complexity index is 527. The molecule has 1 aliphatic rings. The third-order valence-corrected chi connectivity index (χ3v) is 5.67. The second-order valence-electron chi connectivity index (χ2n) is 4.36. The summed E-state index contributed by atoms with van der Waals surface area (Å²) in [5.41, 5.74) is 0.764. The first-order valence-corrected chi connectivity index (χ1v) is 8.18. The summed E-state index contributed by atoms with van der Waals surface area (Å²) in [6.45, 7) is 3.32. The number of hydrogen-bond donors (Lipinski definition) is 2. The third-order valence-electron chi connectivity index (χ3n) is 2.99. The highest BCUT2D eigenvalue weighted by molar-refractivity contribution is 9.10. The smallest absolute Gasteiger partial charge is 0.236 e. The molecule has 0 saturated carbocycles. The maximum absolute atomic E-state index is 12.2. The van der Waals surface area contributed by atoms with E-state index in [2.05, 4.69) is 31.0 Å². The van der Waals surface area contributed by atoms with Crippen molar-refractivity contribution in [2.45, 2.75) is 25.0 Å². The van der Waals surface area contributed by atoms with Crippen LogP contribution in [0.2, 0.25) is 0 Å². The molecule has 0 atom stereocenters. The third kappa shape index (κ3) is 3.21. The predicted molar refractivity (Wildman–Crippen MR) is 75.1 cm³/mol. The molecule has 2 N–H and O–H groups in total. The van der Waals surface area contributed by atoms with E-state index in [1.165, 1.54) is 0 Å². The fraction of sp³-hybridized carbons (Fsp3) is 0.545. The summed E-state index contributed by atoms with van der Waals surface area (Å²) in [6.07, 6.45) is 1.29. The van der Waals surface area contributed by atoms with E-state index in [4.69, 9.17) is 0 Å². The minimum Gasteiger partial charge on any atom is -0.317 e. The Balaban J connectivity index is 2.13. The van der Waals surface area contributed by atoms with Gasteiger partial charge in [0.1, 0.15) is 5.82 Å². The number of anilines is 1. The number of sulfonamides is 1. The van der Waals surface area contributed by atoms with Crippen molar-refractivity contribution in [3.8, 4) is 0 Å². The van der Waals surface area contributed by atoms with Gasteiger partial charge < -0.3 is 5.32 Å². The molecule has 0 aromatic carbocycles. The molecule has 0 bridgehead atoms. The van der Waals surface area contributed by atoms with Crippen molar-refractivity contribution in [2.24, 2.45) is 0 Å². The molecule has 2 heterocycles. The van der Waals surface area contributed by atoms with E-state index in [-0.39, 0.29) is 5.25 Å². The number of halogens is 1. The number of pyridine rings is 1. The quantitative estimate of drug-likeness (QED) is 0.882. The van der Waals surface area contributed by atoms with Gasteiger partial charge in [-0.05, 0) is 60.9 Å². The van der Waals surface area contributed by atoms with Crippen molar-refractivity contribution in [3.05, 3.63) is 22.3 Å². The summed E-state index contributed by atoms with van der Waals surface area (Å²) in [6, 6.07) is 3.46. The Labute approximate surface area is 116 Å². The zero-order chi connectivity index (χ0) is 13.2. The van der Waals surface area contributed by atoms with Crippen molar-refractivity contribution in [2.75, 3.05) is 17.8 Å².